The van der Waals surface area contributed by atoms with E-state index in [1.54, 1.807) is 0 Å². The molecule has 106 valence electrons. The maximum atomic E-state index is 13.7. The number of rotatable bonds is 7. The molecule has 1 aromatic rings. The minimum atomic E-state index is -3.60. The number of ether oxygens (including phenoxy) is 1. The van der Waals surface area contributed by atoms with Gasteiger partial charge in [-0.15, -0.1) is 0 Å². The molecule has 0 amide bonds. The van der Waals surface area contributed by atoms with E-state index in [1.807, 2.05) is 0 Å². The Balaban J connectivity index is 2.79. The van der Waals surface area contributed by atoms with Gasteiger partial charge in [-0.05, 0) is 24.6 Å². The van der Waals surface area contributed by atoms with E-state index in [4.69, 9.17) is 22.7 Å². The molecule has 0 aliphatic heterocycles. The number of methoxy groups -OCH3 is 1. The number of hydrogen-bond acceptors (Lipinski definition) is 4. The molecule has 0 saturated carbocycles. The van der Waals surface area contributed by atoms with Crippen molar-refractivity contribution < 1.29 is 17.5 Å². The van der Waals surface area contributed by atoms with Crippen LogP contribution < -0.4 is 10.5 Å². The zero-order valence-corrected chi connectivity index (χ0v) is 12.0. The van der Waals surface area contributed by atoms with Gasteiger partial charge in [0.05, 0.1) is 11.4 Å². The van der Waals surface area contributed by atoms with E-state index in [0.29, 0.717) is 18.6 Å². The monoisotopic (exact) mass is 306 g/mol. The maximum absolute atomic E-state index is 13.7. The minimum Gasteiger partial charge on any atom is -0.389 e. The summed E-state index contributed by atoms with van der Waals surface area (Å²) in [6.45, 7) is 0.323. The number of nitrogens with two attached hydrogens (primary N) is 1. The fraction of sp³-hybridized carbons (Fsp3) is 0.364. The van der Waals surface area contributed by atoms with Crippen LogP contribution >= 0.6 is 12.2 Å². The number of sulfonamides is 1. The number of hydrogen-bond donors (Lipinski definition) is 2. The zero-order chi connectivity index (χ0) is 14.5. The van der Waals surface area contributed by atoms with Crippen LogP contribution in [-0.4, -0.2) is 32.9 Å². The van der Waals surface area contributed by atoms with Crippen molar-refractivity contribution in [2.24, 2.45) is 5.73 Å². The fourth-order valence-corrected chi connectivity index (χ4v) is 2.59. The van der Waals surface area contributed by atoms with Crippen molar-refractivity contribution in [1.82, 2.24) is 0 Å². The van der Waals surface area contributed by atoms with E-state index in [9.17, 15) is 12.8 Å². The maximum Gasteiger partial charge on any atom is 0.232 e. The van der Waals surface area contributed by atoms with E-state index in [1.165, 1.54) is 19.2 Å². The highest BCUT2D eigenvalue weighted by atomic mass is 32.2. The SMILES string of the molecule is COCCCS(=O)(=O)Nc1ccc(C(N)=S)cc1F. The Labute approximate surface area is 117 Å². The smallest absolute Gasteiger partial charge is 0.232 e. The lowest BCUT2D eigenvalue weighted by Gasteiger charge is -2.09. The number of benzene rings is 1. The fourth-order valence-electron chi connectivity index (χ4n) is 1.36. The zero-order valence-electron chi connectivity index (χ0n) is 10.3. The van der Waals surface area contributed by atoms with Crippen LogP contribution in [0.4, 0.5) is 10.1 Å². The molecule has 0 radical (unpaired) electrons. The predicted molar refractivity (Wildman–Crippen MR) is 76.2 cm³/mol. The van der Waals surface area contributed by atoms with Gasteiger partial charge in [0, 0.05) is 19.3 Å². The Morgan fingerprint density at radius 2 is 2.21 bits per heavy atom. The third kappa shape index (κ3) is 5.09. The minimum absolute atomic E-state index is 0.0494. The van der Waals surface area contributed by atoms with Gasteiger partial charge >= 0.3 is 0 Å². The molecule has 0 heterocycles. The molecule has 0 atom stereocenters. The van der Waals surface area contributed by atoms with Gasteiger partial charge < -0.3 is 10.5 Å². The Kier molecular flexibility index (Phi) is 5.64. The first-order valence-corrected chi connectivity index (χ1v) is 7.50. The van der Waals surface area contributed by atoms with Crippen LogP contribution in [0, 0.1) is 5.82 Å². The first-order valence-electron chi connectivity index (χ1n) is 5.44. The van der Waals surface area contributed by atoms with Crippen molar-refractivity contribution in [1.29, 1.82) is 0 Å². The first kappa shape index (κ1) is 15.8. The summed E-state index contributed by atoms with van der Waals surface area (Å²) in [5, 5.41) is 0. The average molecular weight is 306 g/mol. The molecule has 3 N–H and O–H groups in total. The summed E-state index contributed by atoms with van der Waals surface area (Å²) in [5.74, 6) is -0.863. The number of nitrogens with one attached hydrogen (secondary N) is 1. The van der Waals surface area contributed by atoms with Crippen molar-refractivity contribution in [3.05, 3.63) is 29.6 Å². The summed E-state index contributed by atoms with van der Waals surface area (Å²) >= 11 is 4.70. The molecule has 0 fully saturated rings. The van der Waals surface area contributed by atoms with Gasteiger partial charge in [-0.1, -0.05) is 12.2 Å². The molecule has 19 heavy (non-hydrogen) atoms. The summed E-state index contributed by atoms with van der Waals surface area (Å²) in [7, 11) is -2.12. The van der Waals surface area contributed by atoms with Crippen molar-refractivity contribution in [2.45, 2.75) is 6.42 Å². The lowest BCUT2D eigenvalue weighted by molar-refractivity contribution is 0.199. The number of anilines is 1. The van der Waals surface area contributed by atoms with E-state index in [2.05, 4.69) is 4.72 Å². The average Bonchev–Trinajstić information content (AvgIpc) is 2.31. The molecular formula is C11H15FN2O3S2. The van der Waals surface area contributed by atoms with E-state index in [-0.39, 0.29) is 16.4 Å². The molecule has 0 spiro atoms. The molecule has 0 aromatic heterocycles. The predicted octanol–water partition coefficient (Wildman–Crippen LogP) is 1.24. The van der Waals surface area contributed by atoms with Crippen molar-refractivity contribution in [3.63, 3.8) is 0 Å². The second-order valence-electron chi connectivity index (χ2n) is 3.83. The Morgan fingerprint density at radius 3 is 2.74 bits per heavy atom. The summed E-state index contributed by atoms with van der Waals surface area (Å²) in [5.41, 5.74) is 5.57. The molecule has 0 aliphatic carbocycles. The summed E-state index contributed by atoms with van der Waals surface area (Å²) in [6, 6.07) is 3.84. The van der Waals surface area contributed by atoms with Crippen LogP contribution in [0.3, 0.4) is 0 Å². The van der Waals surface area contributed by atoms with Crippen LogP contribution in [0.5, 0.6) is 0 Å². The third-order valence-electron chi connectivity index (χ3n) is 2.28. The van der Waals surface area contributed by atoms with Crippen molar-refractivity contribution >= 4 is 32.9 Å². The van der Waals surface area contributed by atoms with Gasteiger partial charge in [0.2, 0.25) is 10.0 Å². The lowest BCUT2D eigenvalue weighted by atomic mass is 10.2. The topological polar surface area (TPSA) is 81.4 Å². The first-order chi connectivity index (χ1) is 8.85. The Hall–Kier alpha value is -1.25. The van der Waals surface area contributed by atoms with Crippen LogP contribution in [0.15, 0.2) is 18.2 Å². The standard InChI is InChI=1S/C11H15FN2O3S2/c1-17-5-2-6-19(15,16)14-10-4-3-8(11(13)18)7-9(10)12/h3-4,7,14H,2,5-6H2,1H3,(H2,13,18). The van der Waals surface area contributed by atoms with E-state index >= 15 is 0 Å². The molecular weight excluding hydrogens is 291 g/mol. The van der Waals surface area contributed by atoms with Crippen LogP contribution in [0.25, 0.3) is 0 Å². The Morgan fingerprint density at radius 1 is 1.53 bits per heavy atom. The van der Waals surface area contributed by atoms with Crippen molar-refractivity contribution in [3.8, 4) is 0 Å². The molecule has 8 heteroatoms. The highest BCUT2D eigenvalue weighted by Crippen LogP contribution is 2.17. The van der Waals surface area contributed by atoms with Crippen LogP contribution in [0.2, 0.25) is 0 Å². The molecule has 1 rings (SSSR count). The molecule has 0 unspecified atom stereocenters. The third-order valence-corrected chi connectivity index (χ3v) is 3.87. The number of thiocarbonyl (C=S) groups is 1. The number of halogens is 1. The van der Waals surface area contributed by atoms with Crippen LogP contribution in [0.1, 0.15) is 12.0 Å². The van der Waals surface area contributed by atoms with Gasteiger partial charge in [-0.3, -0.25) is 4.72 Å². The van der Waals surface area contributed by atoms with Gasteiger partial charge in [-0.2, -0.15) is 0 Å². The second-order valence-corrected chi connectivity index (χ2v) is 6.11. The highest BCUT2D eigenvalue weighted by molar-refractivity contribution is 7.92. The summed E-state index contributed by atoms with van der Waals surface area (Å²) in [4.78, 5) is 0.0494. The molecule has 1 aromatic carbocycles. The van der Waals surface area contributed by atoms with E-state index < -0.39 is 15.8 Å². The quantitative estimate of drug-likeness (QED) is 0.585. The summed E-state index contributed by atoms with van der Waals surface area (Å²) < 4.78 is 43.9. The largest absolute Gasteiger partial charge is 0.389 e. The summed E-state index contributed by atoms with van der Waals surface area (Å²) in [6.07, 6.45) is 0.332. The Bertz CT molecular complexity index is 561. The van der Waals surface area contributed by atoms with Gasteiger partial charge in [0.1, 0.15) is 10.8 Å². The van der Waals surface area contributed by atoms with E-state index in [0.717, 1.165) is 6.07 Å². The molecule has 0 saturated heterocycles. The lowest BCUT2D eigenvalue weighted by Crippen LogP contribution is -2.19. The molecule has 5 nitrogen and oxygen atoms in total. The highest BCUT2D eigenvalue weighted by Gasteiger charge is 2.13. The molecule has 0 aliphatic rings. The van der Waals surface area contributed by atoms with Crippen LogP contribution in [-0.2, 0) is 14.8 Å². The molecule has 0 bridgehead atoms. The van der Waals surface area contributed by atoms with Crippen molar-refractivity contribution in [2.75, 3.05) is 24.2 Å². The second kappa shape index (κ2) is 6.78. The van der Waals surface area contributed by atoms with Gasteiger partial charge in [0.25, 0.3) is 0 Å². The van der Waals surface area contributed by atoms with Gasteiger partial charge in [-0.25, -0.2) is 12.8 Å². The normalized spacial score (nSPS) is 11.3. The van der Waals surface area contributed by atoms with Gasteiger partial charge in [0.15, 0.2) is 0 Å².